The fraction of sp³-hybridized carbons (Fsp3) is 0.354. The van der Waals surface area contributed by atoms with Gasteiger partial charge in [-0.3, -0.25) is 19.2 Å². The highest BCUT2D eigenvalue weighted by atomic mass is 79.9. The van der Waals surface area contributed by atoms with Crippen LogP contribution in [0.3, 0.4) is 0 Å². The van der Waals surface area contributed by atoms with Crippen molar-refractivity contribution in [3.05, 3.63) is 214 Å². The normalized spacial score (nSPS) is 12.2. The topological polar surface area (TPSA) is 531 Å². The number of carbonyl (C=O) groups is 5. The lowest BCUT2D eigenvalue weighted by molar-refractivity contribution is -0.145. The van der Waals surface area contributed by atoms with Crippen LogP contribution in [0.5, 0.6) is 0 Å². The van der Waals surface area contributed by atoms with Crippen molar-refractivity contribution in [2.24, 2.45) is 11.5 Å². The van der Waals surface area contributed by atoms with Crippen molar-refractivity contribution in [3.63, 3.8) is 0 Å². The minimum Gasteiger partial charge on any atom is -0.466 e. The second-order valence-corrected chi connectivity index (χ2v) is 45.1. The molecule has 11 N–H and O–H groups in total. The minimum atomic E-state index is -4.75. The lowest BCUT2D eigenvalue weighted by atomic mass is 10.1. The number of nitrogens with one attached hydrogen (secondary N) is 7. The first-order valence-corrected chi connectivity index (χ1v) is 54.4. The number of rotatable bonds is 38. The first kappa shape index (κ1) is 128. The van der Waals surface area contributed by atoms with Crippen LogP contribution in [0.25, 0.3) is 64.0 Å². The zero-order chi connectivity index (χ0) is 109. The van der Waals surface area contributed by atoms with Crippen LogP contribution in [0, 0.1) is 17.8 Å². The number of nitrogens with zero attached hydrogens (tertiary/aromatic N) is 6. The van der Waals surface area contributed by atoms with E-state index in [2.05, 4.69) is 51.6 Å². The highest BCUT2D eigenvalue weighted by Crippen LogP contribution is 2.36. The van der Waals surface area contributed by atoms with Gasteiger partial charge in [0.2, 0.25) is 78.8 Å². The van der Waals surface area contributed by atoms with E-state index in [1.807, 2.05) is 54.6 Å². The number of benzene rings is 5. The zero-order valence-electron chi connectivity index (χ0n) is 75.4. The zero-order valence-corrected chi connectivity index (χ0v) is 85.2. The smallest absolute Gasteiger partial charge is 0.407 e. The average Bonchev–Trinajstić information content (AvgIpc) is 1.64. The lowest BCUT2D eigenvalue weighted by Crippen LogP contribution is -2.40. The Hall–Kier alpha value is -10.7. The number of aromatic nitrogens is 6. The van der Waals surface area contributed by atoms with Gasteiger partial charge in [-0.05, 0) is 112 Å². The maximum absolute atomic E-state index is 13.4. The lowest BCUT2D eigenvalue weighted by Gasteiger charge is -2.13. The Balaban J connectivity index is 0.000000370. The third-order valence-electron chi connectivity index (χ3n) is 17.1. The third kappa shape index (κ3) is 53.8. The van der Waals surface area contributed by atoms with Crippen molar-refractivity contribution in [3.8, 4) is 33.4 Å². The highest BCUT2D eigenvalue weighted by Gasteiger charge is 2.37. The Bertz CT molecular complexity index is 6840. The number of esters is 2. The van der Waals surface area contributed by atoms with Gasteiger partial charge in [-0.2, -0.15) is 79.0 Å². The molecule has 0 radical (unpaired) electrons. The van der Waals surface area contributed by atoms with E-state index in [1.54, 1.807) is 85.8 Å². The quantitative estimate of drug-likeness (QED) is 0.00570. The molecule has 1 atom stereocenters. The van der Waals surface area contributed by atoms with E-state index >= 15 is 0 Å². The Morgan fingerprint density at radius 2 is 0.767 bits per heavy atom. The molecule has 64 heteroatoms. The third-order valence-corrected chi connectivity index (χ3v) is 28.2. The molecule has 3 amide bonds. The number of carbonyl (C=O) groups excluding carboxylic acids is 5. The van der Waals surface area contributed by atoms with Crippen molar-refractivity contribution < 1.29 is 168 Å². The summed E-state index contributed by atoms with van der Waals surface area (Å²) in [6.45, 7) is -7.03. The number of amides is 3. The van der Waals surface area contributed by atoms with Crippen molar-refractivity contribution in [1.29, 1.82) is 0 Å². The van der Waals surface area contributed by atoms with Gasteiger partial charge in [-0.25, -0.2) is 104 Å². The molecular formula is C82H89BrClF18N15O20S9. The maximum Gasteiger partial charge on any atom is 0.407 e. The molecule has 0 aliphatic rings. The predicted molar refractivity (Wildman–Crippen MR) is 512 cm³/mol. The van der Waals surface area contributed by atoms with Crippen LogP contribution in [-0.4, -0.2) is 242 Å². The molecule has 35 nitrogen and oxygen atoms in total. The number of thiazole rings is 3. The molecule has 0 fully saturated rings. The molecule has 6 aromatic heterocycles. The summed E-state index contributed by atoms with van der Waals surface area (Å²) in [5.74, 6) is -7.04. The Labute approximate surface area is 849 Å². The molecule has 0 saturated heterocycles. The molecule has 0 aliphatic carbocycles. The molecule has 0 bridgehead atoms. The van der Waals surface area contributed by atoms with Crippen LogP contribution in [0.15, 0.2) is 170 Å². The van der Waals surface area contributed by atoms with Crippen LogP contribution in [0.2, 0.25) is 0 Å². The average molecular weight is 2350 g/mol. The van der Waals surface area contributed by atoms with Gasteiger partial charge in [0.15, 0.2) is 15.1 Å². The van der Waals surface area contributed by atoms with E-state index in [0.29, 0.717) is 49.0 Å². The number of hydrogen-bond acceptors (Lipinski definition) is 31. The molecule has 806 valence electrons. The van der Waals surface area contributed by atoms with Gasteiger partial charge >= 0.3 is 48.9 Å². The summed E-state index contributed by atoms with van der Waals surface area (Å²) in [6, 6.07) is 42.8. The number of alkyl carbamates (subject to hydrolysis) is 1. The van der Waals surface area contributed by atoms with Gasteiger partial charge in [0, 0.05) is 86.3 Å². The Morgan fingerprint density at radius 3 is 1.12 bits per heavy atom. The molecular weight excluding hydrogens is 2260 g/mol. The summed E-state index contributed by atoms with van der Waals surface area (Å²) in [5, 5.41) is 5.96. The monoisotopic (exact) mass is 2350 g/mol. The molecule has 146 heavy (non-hydrogen) atoms. The minimum absolute atomic E-state index is 0. The number of ether oxygens (including phenoxy) is 3. The van der Waals surface area contributed by atoms with E-state index in [1.165, 1.54) is 78.4 Å². The maximum atomic E-state index is 13.4. The number of fused-ring (bicyclic) bond motifs is 3. The van der Waals surface area contributed by atoms with E-state index < -0.39 is 199 Å². The van der Waals surface area contributed by atoms with E-state index in [-0.39, 0.29) is 92.2 Å². The van der Waals surface area contributed by atoms with Crippen molar-refractivity contribution in [2.75, 3.05) is 101 Å². The summed E-state index contributed by atoms with van der Waals surface area (Å²) in [5.41, 5.74) is 16.7. The van der Waals surface area contributed by atoms with Crippen molar-refractivity contribution in [2.45, 2.75) is 82.0 Å². The van der Waals surface area contributed by atoms with Gasteiger partial charge < -0.3 is 41.6 Å². The summed E-state index contributed by atoms with van der Waals surface area (Å²) >= 11 is 3.60. The molecule has 1 unspecified atom stereocenters. The van der Waals surface area contributed by atoms with E-state index in [9.17, 15) is 154 Å². The predicted octanol–water partition coefficient (Wildman–Crippen LogP) is 12.4. The molecule has 11 rings (SSSR count). The summed E-state index contributed by atoms with van der Waals surface area (Å²) in [6.07, 6.45) is -18.4. The number of alkyl halides is 15. The largest absolute Gasteiger partial charge is 0.466 e. The highest BCUT2D eigenvalue weighted by molar-refractivity contribution is 8.93. The van der Waals surface area contributed by atoms with E-state index in [4.69, 9.17) is 30.6 Å². The first-order valence-electron chi connectivity index (χ1n) is 40.9. The fourth-order valence-electron chi connectivity index (χ4n) is 10.7. The Kier molecular flexibility index (Phi) is 51.5. The second-order valence-electron chi connectivity index (χ2n) is 29.0. The number of sulfone groups is 1. The number of hydrogen-bond donors (Lipinski definition) is 9. The standard InChI is InChI=1S/C19H18F4N4O5S3.C18H16F4N4O3S2.C16H13FN2O2S.C12H15F3N2O4S.C11H13ClO4S.C4H9F3N2O2S.C2H4F3N.BrH/c1-34(29,30)16(17(28)25-6-7-35(31,32)26-10-19(21,22)23)18-27-13-3-2-11(8-14(13)33-18)12-4-5-24-15(20)9-12;19-15-8-12(3-4-23-15)11-1-2-13-14(7-11)30-17(26-13)9-16(27)24-5-6-31(28,29)25-10-18(20,21)22;1-2-21-16(20)9-15-19-12-4-3-10(7-13(12)22-15)11-5-6-18-14(17)8-11;13-12(14,15)9-17-22(19,20)7-6-16-11(18)21-8-10-4-2-1-3-5-10;12-17(14,15)8-4-7-11(13)16-9-10-5-2-1-3-6-10;5-4(6,7)3-9-12(10,11)2-1-8;3-2(4,5)1-6;/h2-5,8-9,16,26H,6-7,10H2,1H3,(H,25,28);1-4,7-8,25H,5-6,9-10H2,(H,24,27);3-8H,2,9H2,1H3;1-5,17H,6-9H2,(H,16,18);1-3,5-6H,4,7-9H2;9H,1-3,8H2;1,6H2;1H. The molecule has 0 spiro atoms. The van der Waals surface area contributed by atoms with Crippen molar-refractivity contribution >= 4 is 181 Å². The molecule has 5 aromatic carbocycles. The molecule has 0 aliphatic heterocycles. The summed E-state index contributed by atoms with van der Waals surface area (Å²) in [4.78, 5) is 82.2. The number of halogens is 20. The van der Waals surface area contributed by atoms with Crippen LogP contribution in [0.1, 0.15) is 51.2 Å². The summed E-state index contributed by atoms with van der Waals surface area (Å²) < 4.78 is 373. The van der Waals surface area contributed by atoms with Crippen LogP contribution in [0.4, 0.5) is 83.8 Å². The van der Waals surface area contributed by atoms with Gasteiger partial charge in [-0.1, -0.05) is 78.9 Å². The molecule has 0 saturated carbocycles. The molecule has 6 heterocycles. The number of pyridine rings is 3. The number of sulfonamides is 4. The Morgan fingerprint density at radius 1 is 0.418 bits per heavy atom. The molecule has 11 aromatic rings. The van der Waals surface area contributed by atoms with Gasteiger partial charge in [-0.15, -0.1) is 51.0 Å². The van der Waals surface area contributed by atoms with Crippen molar-refractivity contribution in [1.82, 2.24) is 64.7 Å². The van der Waals surface area contributed by atoms with E-state index in [0.717, 1.165) is 60.3 Å². The van der Waals surface area contributed by atoms with Crippen LogP contribution < -0.4 is 46.3 Å². The van der Waals surface area contributed by atoms with Crippen LogP contribution >= 0.6 is 61.7 Å². The SMILES string of the molecule is Br.CCOC(=O)Cc1nc2ccc(-c3ccnc(F)c3)cc2s1.CS(=O)(=O)C(C(=O)NCCS(=O)(=O)NCC(F)(F)F)c1nc2ccc(-c3ccnc(F)c3)cc2s1.NCC(F)(F)F.NCCS(=O)(=O)NCC(F)(F)F.O=C(CCCS(=O)(=O)Cl)OCc1ccccc1.O=C(Cc1nc2ccc(-c3ccnc(F)c3)cc2s1)NCCS(=O)(=O)NCC(F)(F)F.O=C(NCCS(=O)(=O)NCC(F)(F)F)OCc1ccccc1. The number of nitrogens with two attached hydrogens (primary N) is 2. The first-order chi connectivity index (χ1) is 67.3. The van der Waals surface area contributed by atoms with Gasteiger partial charge in [0.05, 0.1) is 85.4 Å². The van der Waals surface area contributed by atoms with Gasteiger partial charge in [0.1, 0.15) is 54.4 Å². The summed E-state index contributed by atoms with van der Waals surface area (Å²) in [7, 11) is -19.1. The second kappa shape index (κ2) is 58.9. The van der Waals surface area contributed by atoms with Gasteiger partial charge in [0.25, 0.3) is 0 Å². The van der Waals surface area contributed by atoms with Crippen LogP contribution in [-0.2, 0) is 118 Å². The fourth-order valence-corrected chi connectivity index (χ4v) is 19.6.